The first-order valence-corrected chi connectivity index (χ1v) is 8.49. The molecule has 0 spiro atoms. The zero-order chi connectivity index (χ0) is 19.7. The van der Waals surface area contributed by atoms with Crippen LogP contribution in [-0.4, -0.2) is 72.7 Å². The first-order chi connectivity index (χ1) is 12.8. The van der Waals surface area contributed by atoms with Crippen molar-refractivity contribution < 1.29 is 28.7 Å². The van der Waals surface area contributed by atoms with E-state index < -0.39 is 17.9 Å². The maximum Gasteiger partial charge on any atom is 0.343 e. The van der Waals surface area contributed by atoms with Crippen molar-refractivity contribution in [2.45, 2.75) is 18.6 Å². The normalized spacial score (nSPS) is 20.1. The Morgan fingerprint density at radius 3 is 2.78 bits per heavy atom. The van der Waals surface area contributed by atoms with Crippen molar-refractivity contribution in [2.75, 3.05) is 39.2 Å². The highest BCUT2D eigenvalue weighted by atomic mass is 19.1. The molecule has 0 aliphatic carbocycles. The van der Waals surface area contributed by atoms with Crippen molar-refractivity contribution in [2.24, 2.45) is 0 Å². The number of rotatable bonds is 5. The largest absolute Gasteiger partial charge is 0.494 e. The molecule has 1 aromatic heterocycles. The van der Waals surface area contributed by atoms with Crippen LogP contribution in [0, 0.1) is 5.82 Å². The van der Waals surface area contributed by atoms with Crippen molar-refractivity contribution in [1.29, 1.82) is 0 Å². The zero-order valence-electron chi connectivity index (χ0n) is 15.3. The number of carbonyl (C=O) groups is 1. The molecule has 0 radical (unpaired) electrons. The van der Waals surface area contributed by atoms with E-state index in [0.29, 0.717) is 18.5 Å². The molecule has 0 amide bonds. The summed E-state index contributed by atoms with van der Waals surface area (Å²) < 4.78 is 23.9. The number of hydrogen-bond donors (Lipinski definition) is 2. The van der Waals surface area contributed by atoms with E-state index in [9.17, 15) is 19.4 Å². The van der Waals surface area contributed by atoms with Gasteiger partial charge in [0.15, 0.2) is 28.7 Å². The van der Waals surface area contributed by atoms with Crippen molar-refractivity contribution >= 4 is 11.8 Å². The first kappa shape index (κ1) is 19.1. The van der Waals surface area contributed by atoms with Gasteiger partial charge in [-0.1, -0.05) is 5.16 Å². The van der Waals surface area contributed by atoms with Gasteiger partial charge >= 0.3 is 5.97 Å². The molecular formula is C18H22FN3O5. The van der Waals surface area contributed by atoms with Crippen LogP contribution < -0.4 is 9.64 Å². The number of aromatic nitrogens is 1. The van der Waals surface area contributed by atoms with Crippen LogP contribution in [0.1, 0.15) is 16.8 Å². The van der Waals surface area contributed by atoms with Crippen LogP contribution in [0.2, 0.25) is 0 Å². The predicted octanol–water partition coefficient (Wildman–Crippen LogP) is 1.69. The lowest BCUT2D eigenvalue weighted by Gasteiger charge is -2.39. The van der Waals surface area contributed by atoms with E-state index in [0.717, 1.165) is 0 Å². The Bertz CT molecular complexity index is 838. The molecule has 8 nitrogen and oxygen atoms in total. The number of aliphatic hydroxyl groups is 1. The summed E-state index contributed by atoms with van der Waals surface area (Å²) in [5.74, 6) is -1.64. The number of likely N-dealkylation sites (N-methyl/N-ethyl adjacent to an activating group) is 1. The molecule has 1 aliphatic heterocycles. The maximum atomic E-state index is 13.7. The summed E-state index contributed by atoms with van der Waals surface area (Å²) in [5, 5.41) is 24.0. The lowest BCUT2D eigenvalue weighted by atomic mass is 10.00. The summed E-state index contributed by atoms with van der Waals surface area (Å²) in [6, 6.07) is 3.93. The summed E-state index contributed by atoms with van der Waals surface area (Å²) >= 11 is 0. The number of carboxylic acids is 1. The Labute approximate surface area is 155 Å². The molecule has 0 unspecified atom stereocenters. The van der Waals surface area contributed by atoms with Crippen molar-refractivity contribution in [3.8, 4) is 17.1 Å². The topological polar surface area (TPSA) is 99.3 Å². The fourth-order valence-corrected chi connectivity index (χ4v) is 3.40. The summed E-state index contributed by atoms with van der Waals surface area (Å²) in [5.41, 5.74) is 0.215. The van der Waals surface area contributed by atoms with Crippen LogP contribution in [0.25, 0.3) is 11.3 Å². The number of anilines is 1. The molecule has 1 saturated heterocycles. The molecular weight excluding hydrogens is 357 g/mol. The van der Waals surface area contributed by atoms with Crippen molar-refractivity contribution in [3.63, 3.8) is 0 Å². The minimum absolute atomic E-state index is 0.0118. The van der Waals surface area contributed by atoms with Crippen LogP contribution in [0.15, 0.2) is 22.7 Å². The predicted molar refractivity (Wildman–Crippen MR) is 95.7 cm³/mol. The molecule has 2 N–H and O–H groups in total. The third-order valence-corrected chi connectivity index (χ3v) is 4.81. The van der Waals surface area contributed by atoms with E-state index >= 15 is 0 Å². The zero-order valence-corrected chi connectivity index (χ0v) is 15.3. The molecule has 1 aliphatic rings. The molecule has 2 heterocycles. The van der Waals surface area contributed by atoms with Gasteiger partial charge in [0, 0.05) is 24.7 Å². The number of ether oxygens (including phenoxy) is 1. The van der Waals surface area contributed by atoms with Crippen molar-refractivity contribution in [1.82, 2.24) is 10.1 Å². The Balaban J connectivity index is 1.96. The summed E-state index contributed by atoms with van der Waals surface area (Å²) in [7, 11) is 5.10. The van der Waals surface area contributed by atoms with E-state index in [2.05, 4.69) is 5.16 Å². The van der Waals surface area contributed by atoms with Crippen LogP contribution in [-0.2, 0) is 0 Å². The molecule has 146 valence electrons. The van der Waals surface area contributed by atoms with E-state index in [-0.39, 0.29) is 35.5 Å². The van der Waals surface area contributed by atoms with Crippen molar-refractivity contribution in [3.05, 3.63) is 29.6 Å². The molecule has 9 heteroatoms. The van der Waals surface area contributed by atoms with Gasteiger partial charge in [-0.05, 0) is 38.7 Å². The molecule has 27 heavy (non-hydrogen) atoms. The van der Waals surface area contributed by atoms with E-state index in [4.69, 9.17) is 9.26 Å². The van der Waals surface area contributed by atoms with E-state index in [1.165, 1.54) is 25.3 Å². The Hall–Kier alpha value is -2.65. The SMILES string of the molecule is COc1cc(-c2onc(N3CC[C@H](N(C)C)[C@@H](O)C3)c2C(=O)O)ccc1F. The van der Waals surface area contributed by atoms with Gasteiger partial charge in [-0.3, -0.25) is 0 Å². The number of aromatic carboxylic acids is 1. The Morgan fingerprint density at radius 2 is 2.19 bits per heavy atom. The number of carboxylic acid groups (broad SMARTS) is 1. The molecule has 2 aromatic rings. The molecule has 1 fully saturated rings. The maximum absolute atomic E-state index is 13.7. The van der Waals surface area contributed by atoms with Gasteiger partial charge in [0.05, 0.1) is 13.2 Å². The number of β-amino-alcohol motifs (C(OH)–C–C–N with tert-alkyl or cyclic N) is 1. The highest BCUT2D eigenvalue weighted by molar-refractivity contribution is 5.99. The van der Waals surface area contributed by atoms with Gasteiger partial charge in [0.1, 0.15) is 0 Å². The highest BCUT2D eigenvalue weighted by Crippen LogP contribution is 2.35. The van der Waals surface area contributed by atoms with Gasteiger partial charge < -0.3 is 29.3 Å². The second kappa shape index (κ2) is 7.53. The molecule has 3 rings (SSSR count). The Kier molecular flexibility index (Phi) is 5.33. The fourth-order valence-electron chi connectivity index (χ4n) is 3.40. The lowest BCUT2D eigenvalue weighted by Crippen LogP contribution is -2.52. The number of aliphatic hydroxyl groups excluding tert-OH is 1. The number of nitrogens with zero attached hydrogens (tertiary/aromatic N) is 3. The van der Waals surface area contributed by atoms with Crippen LogP contribution in [0.4, 0.5) is 10.2 Å². The number of benzene rings is 1. The third kappa shape index (κ3) is 3.60. The van der Waals surface area contributed by atoms with Crippen LogP contribution >= 0.6 is 0 Å². The van der Waals surface area contributed by atoms with E-state index in [1.54, 1.807) is 4.90 Å². The standard InChI is InChI=1S/C18H22FN3O5/c1-21(2)12-6-7-22(9-13(12)23)17-15(18(24)25)16(27-20-17)10-4-5-11(19)14(8-10)26-3/h4-5,8,12-13,23H,6-7,9H2,1-3H3,(H,24,25)/t12-,13-/m0/s1. The lowest BCUT2D eigenvalue weighted by molar-refractivity contribution is 0.0620. The first-order valence-electron chi connectivity index (χ1n) is 8.49. The quantitative estimate of drug-likeness (QED) is 0.810. The molecule has 2 atom stereocenters. The van der Waals surface area contributed by atoms with Gasteiger partial charge in [-0.2, -0.15) is 0 Å². The second-order valence-electron chi connectivity index (χ2n) is 6.70. The summed E-state index contributed by atoms with van der Waals surface area (Å²) in [4.78, 5) is 15.5. The Morgan fingerprint density at radius 1 is 1.44 bits per heavy atom. The minimum atomic E-state index is -1.21. The molecule has 0 bridgehead atoms. The molecule has 1 aromatic carbocycles. The number of piperidine rings is 1. The highest BCUT2D eigenvalue weighted by Gasteiger charge is 2.34. The average molecular weight is 379 g/mol. The third-order valence-electron chi connectivity index (χ3n) is 4.81. The summed E-state index contributed by atoms with van der Waals surface area (Å²) in [6.07, 6.45) is 0.00114. The van der Waals surface area contributed by atoms with Gasteiger partial charge in [0.2, 0.25) is 0 Å². The number of hydrogen-bond acceptors (Lipinski definition) is 7. The number of methoxy groups -OCH3 is 1. The van der Waals surface area contributed by atoms with E-state index in [1.807, 2.05) is 19.0 Å². The van der Waals surface area contributed by atoms with Gasteiger partial charge in [-0.25, -0.2) is 9.18 Å². The fraction of sp³-hybridized carbons (Fsp3) is 0.444. The summed E-state index contributed by atoms with van der Waals surface area (Å²) in [6.45, 7) is 0.765. The minimum Gasteiger partial charge on any atom is -0.494 e. The van der Waals surface area contributed by atoms with Crippen LogP contribution in [0.3, 0.4) is 0 Å². The second-order valence-corrected chi connectivity index (χ2v) is 6.70. The van der Waals surface area contributed by atoms with Gasteiger partial charge in [0.25, 0.3) is 0 Å². The van der Waals surface area contributed by atoms with Crippen LogP contribution in [0.5, 0.6) is 5.75 Å². The number of halogens is 1. The van der Waals surface area contributed by atoms with Gasteiger partial charge in [-0.15, -0.1) is 0 Å². The monoisotopic (exact) mass is 379 g/mol. The average Bonchev–Trinajstić information content (AvgIpc) is 3.07. The smallest absolute Gasteiger partial charge is 0.343 e. The molecule has 0 saturated carbocycles.